The van der Waals surface area contributed by atoms with E-state index in [0.29, 0.717) is 31.0 Å². The molecule has 1 saturated carbocycles. The minimum atomic E-state index is -0.907. The summed E-state index contributed by atoms with van der Waals surface area (Å²) in [6, 6.07) is 8.47. The molecule has 1 aliphatic rings. The number of rotatable bonds is 16. The van der Waals surface area contributed by atoms with E-state index >= 15 is 0 Å². The van der Waals surface area contributed by atoms with Crippen LogP contribution in [0.3, 0.4) is 0 Å². The van der Waals surface area contributed by atoms with Crippen LogP contribution in [-0.2, 0) is 27.2 Å². The van der Waals surface area contributed by atoms with E-state index in [9.17, 15) is 19.5 Å². The van der Waals surface area contributed by atoms with E-state index in [1.807, 2.05) is 65.0 Å². The molecule has 1 fully saturated rings. The SMILES string of the molecule is CC(C)NC[C@H](O)[C@H](CC1CCCCC1)NC(=O)C(Cc1cnc[nH]1)NC(=O)[C@@H](CC(=O)C(C)(C)C)Cc1ccccc1. The molecule has 0 saturated heterocycles. The Morgan fingerprint density at radius 3 is 2.30 bits per heavy atom. The van der Waals surface area contributed by atoms with Crippen LogP contribution in [0.4, 0.5) is 0 Å². The summed E-state index contributed by atoms with van der Waals surface area (Å²) in [6.45, 7) is 9.97. The first-order valence-electron chi connectivity index (χ1n) is 16.0. The van der Waals surface area contributed by atoms with Gasteiger partial charge in [-0.15, -0.1) is 0 Å². The van der Waals surface area contributed by atoms with Crippen LogP contribution in [0.25, 0.3) is 0 Å². The van der Waals surface area contributed by atoms with Crippen molar-refractivity contribution in [2.45, 2.75) is 117 Å². The number of aliphatic hydroxyl groups is 1. The van der Waals surface area contributed by atoms with E-state index in [4.69, 9.17) is 0 Å². The first-order chi connectivity index (χ1) is 20.4. The molecule has 1 unspecified atom stereocenters. The van der Waals surface area contributed by atoms with Gasteiger partial charge in [0.25, 0.3) is 0 Å². The van der Waals surface area contributed by atoms with E-state index in [2.05, 4.69) is 25.9 Å². The first kappa shape index (κ1) is 34.5. The molecule has 0 spiro atoms. The third-order valence-electron chi connectivity index (χ3n) is 8.42. The Morgan fingerprint density at radius 1 is 1.00 bits per heavy atom. The van der Waals surface area contributed by atoms with Crippen molar-refractivity contribution >= 4 is 17.6 Å². The first-order valence-corrected chi connectivity index (χ1v) is 16.0. The molecule has 43 heavy (non-hydrogen) atoms. The number of imidazole rings is 1. The summed E-state index contributed by atoms with van der Waals surface area (Å²) in [4.78, 5) is 47.9. The highest BCUT2D eigenvalue weighted by Crippen LogP contribution is 2.28. The van der Waals surface area contributed by atoms with Gasteiger partial charge in [0.15, 0.2) is 0 Å². The van der Waals surface area contributed by atoms with Crippen molar-refractivity contribution in [3.8, 4) is 0 Å². The quantitative estimate of drug-likeness (QED) is 0.198. The maximum absolute atomic E-state index is 13.9. The average Bonchev–Trinajstić information content (AvgIpc) is 3.48. The number of aliphatic hydroxyl groups excluding tert-OH is 1. The molecule has 1 aliphatic carbocycles. The molecule has 0 bridgehead atoms. The molecule has 5 N–H and O–H groups in total. The van der Waals surface area contributed by atoms with Gasteiger partial charge in [0, 0.05) is 48.7 Å². The van der Waals surface area contributed by atoms with E-state index in [1.54, 1.807) is 12.5 Å². The summed E-state index contributed by atoms with van der Waals surface area (Å²) >= 11 is 0. The fourth-order valence-corrected chi connectivity index (χ4v) is 5.68. The van der Waals surface area contributed by atoms with Crippen molar-refractivity contribution in [1.82, 2.24) is 25.9 Å². The van der Waals surface area contributed by atoms with Gasteiger partial charge < -0.3 is 26.0 Å². The van der Waals surface area contributed by atoms with Crippen molar-refractivity contribution in [2.24, 2.45) is 17.3 Å². The lowest BCUT2D eigenvalue weighted by Gasteiger charge is -2.32. The number of Topliss-reactive ketones (excluding diaryl/α,β-unsaturated/α-hetero) is 1. The molecule has 0 aliphatic heterocycles. The summed E-state index contributed by atoms with van der Waals surface area (Å²) in [5.74, 6) is -0.900. The lowest BCUT2D eigenvalue weighted by atomic mass is 9.83. The van der Waals surface area contributed by atoms with Gasteiger partial charge in [-0.25, -0.2) is 4.98 Å². The molecule has 9 nitrogen and oxygen atoms in total. The minimum absolute atomic E-state index is 0.00790. The molecule has 9 heteroatoms. The number of ketones is 1. The highest BCUT2D eigenvalue weighted by Gasteiger charge is 2.33. The summed E-state index contributed by atoms with van der Waals surface area (Å²) in [6.07, 6.45) is 9.51. The number of nitrogens with one attached hydrogen (secondary N) is 4. The van der Waals surface area contributed by atoms with Gasteiger partial charge >= 0.3 is 0 Å². The second-order valence-corrected chi connectivity index (χ2v) is 13.6. The minimum Gasteiger partial charge on any atom is -0.390 e. The lowest BCUT2D eigenvalue weighted by Crippen LogP contribution is -2.56. The topological polar surface area (TPSA) is 136 Å². The van der Waals surface area contributed by atoms with Gasteiger partial charge in [-0.1, -0.05) is 97.1 Å². The maximum Gasteiger partial charge on any atom is 0.243 e. The van der Waals surface area contributed by atoms with E-state index in [1.165, 1.54) is 19.3 Å². The Labute approximate surface area is 257 Å². The van der Waals surface area contributed by atoms with Crippen molar-refractivity contribution in [3.63, 3.8) is 0 Å². The molecule has 4 atom stereocenters. The molecule has 3 rings (SSSR count). The van der Waals surface area contributed by atoms with Crippen LogP contribution in [0, 0.1) is 17.3 Å². The lowest BCUT2D eigenvalue weighted by molar-refractivity contribution is -0.135. The Kier molecular flexibility index (Phi) is 13.4. The zero-order valence-electron chi connectivity index (χ0n) is 26.7. The summed E-state index contributed by atoms with van der Waals surface area (Å²) in [5, 5.41) is 20.5. The number of benzene rings is 1. The van der Waals surface area contributed by atoms with Crippen LogP contribution in [0.5, 0.6) is 0 Å². The Hall–Kier alpha value is -3.04. The predicted octanol–water partition coefficient (Wildman–Crippen LogP) is 4.12. The van der Waals surface area contributed by atoms with Gasteiger partial charge in [-0.3, -0.25) is 14.4 Å². The number of carbonyl (C=O) groups excluding carboxylic acids is 3. The van der Waals surface area contributed by atoms with Crippen LogP contribution in [0.2, 0.25) is 0 Å². The van der Waals surface area contributed by atoms with Crippen LogP contribution in [-0.4, -0.2) is 63.4 Å². The molecule has 2 aromatic rings. The molecule has 1 heterocycles. The fourth-order valence-electron chi connectivity index (χ4n) is 5.68. The standard InChI is InChI=1S/C34H53N5O4/c1-23(2)36-21-30(40)28(17-25-14-10-7-11-15-25)38-33(43)29(19-27-20-35-22-37-27)39-32(42)26(18-31(41)34(3,4)5)16-24-12-8-6-9-13-24/h6,8-9,12-13,20,22-23,25-26,28-30,36,40H,7,10-11,14-19,21H2,1-5H3,(H,35,37)(H,38,43)(H,39,42)/t26-,28+,29?,30+/m1/s1. The van der Waals surface area contributed by atoms with E-state index in [-0.39, 0.29) is 36.5 Å². The van der Waals surface area contributed by atoms with Crippen molar-refractivity contribution in [2.75, 3.05) is 6.54 Å². The molecule has 0 radical (unpaired) electrons. The number of carbonyl (C=O) groups is 3. The highest BCUT2D eigenvalue weighted by molar-refractivity contribution is 5.92. The normalized spacial score (nSPS) is 17.2. The summed E-state index contributed by atoms with van der Waals surface area (Å²) in [5.41, 5.74) is 1.07. The Bertz CT molecular complexity index is 1120. The maximum atomic E-state index is 13.9. The smallest absolute Gasteiger partial charge is 0.243 e. The number of amides is 2. The van der Waals surface area contributed by atoms with Crippen LogP contribution in [0.15, 0.2) is 42.9 Å². The fraction of sp³-hybridized carbons (Fsp3) is 0.647. The molecule has 238 valence electrons. The van der Waals surface area contributed by atoms with Gasteiger partial charge in [0.05, 0.1) is 18.5 Å². The number of hydrogen-bond donors (Lipinski definition) is 5. The molecule has 2 amide bonds. The van der Waals surface area contributed by atoms with E-state index < -0.39 is 29.5 Å². The van der Waals surface area contributed by atoms with Gasteiger partial charge in [-0.05, 0) is 24.3 Å². The zero-order valence-corrected chi connectivity index (χ0v) is 26.7. The monoisotopic (exact) mass is 595 g/mol. The van der Waals surface area contributed by atoms with Crippen LogP contribution < -0.4 is 16.0 Å². The molecular formula is C34H53N5O4. The molecule has 1 aromatic carbocycles. The Balaban J connectivity index is 1.81. The second-order valence-electron chi connectivity index (χ2n) is 13.6. The van der Waals surface area contributed by atoms with Gasteiger partial charge in [0.1, 0.15) is 11.8 Å². The average molecular weight is 596 g/mol. The second kappa shape index (κ2) is 16.7. The van der Waals surface area contributed by atoms with Crippen LogP contribution >= 0.6 is 0 Å². The number of nitrogens with zero attached hydrogens (tertiary/aromatic N) is 1. The van der Waals surface area contributed by atoms with Gasteiger partial charge in [0.2, 0.25) is 11.8 Å². The summed E-state index contributed by atoms with van der Waals surface area (Å²) in [7, 11) is 0. The number of aromatic nitrogens is 2. The third kappa shape index (κ3) is 11.9. The zero-order chi connectivity index (χ0) is 31.4. The van der Waals surface area contributed by atoms with Crippen LogP contribution in [0.1, 0.15) is 90.8 Å². The van der Waals surface area contributed by atoms with Crippen molar-refractivity contribution < 1.29 is 19.5 Å². The largest absolute Gasteiger partial charge is 0.390 e. The van der Waals surface area contributed by atoms with E-state index in [0.717, 1.165) is 18.4 Å². The van der Waals surface area contributed by atoms with Crippen molar-refractivity contribution in [3.05, 3.63) is 54.1 Å². The Morgan fingerprint density at radius 2 is 1.70 bits per heavy atom. The van der Waals surface area contributed by atoms with Gasteiger partial charge in [-0.2, -0.15) is 0 Å². The summed E-state index contributed by atoms with van der Waals surface area (Å²) < 4.78 is 0. The molecule has 1 aromatic heterocycles. The third-order valence-corrected chi connectivity index (χ3v) is 8.42. The number of aromatic amines is 1. The molecular weight excluding hydrogens is 542 g/mol. The van der Waals surface area contributed by atoms with Crippen molar-refractivity contribution in [1.29, 1.82) is 0 Å². The number of H-pyrrole nitrogens is 1. The number of hydrogen-bond acceptors (Lipinski definition) is 6. The predicted molar refractivity (Wildman–Crippen MR) is 169 cm³/mol. The highest BCUT2D eigenvalue weighted by atomic mass is 16.3.